The molecule has 2 N–H and O–H groups in total. The van der Waals surface area contributed by atoms with Gasteiger partial charge in [-0.05, 0) is 71.8 Å². The highest BCUT2D eigenvalue weighted by molar-refractivity contribution is 5.02. The Morgan fingerprint density at radius 1 is 1.26 bits per heavy atom. The van der Waals surface area contributed by atoms with Crippen LogP contribution < -0.4 is 5.32 Å². The Labute approximate surface area is 118 Å². The Bertz CT molecular complexity index is 269. The maximum atomic E-state index is 9.78. The third-order valence-corrected chi connectivity index (χ3v) is 5.10. The van der Waals surface area contributed by atoms with Crippen molar-refractivity contribution in [2.24, 2.45) is 11.8 Å². The molecular formula is C15H31N3O. The van der Waals surface area contributed by atoms with E-state index in [1.54, 1.807) is 0 Å². The molecule has 0 amide bonds. The van der Waals surface area contributed by atoms with E-state index >= 15 is 0 Å². The summed E-state index contributed by atoms with van der Waals surface area (Å²) in [5, 5.41) is 13.2. The van der Waals surface area contributed by atoms with E-state index in [9.17, 15) is 5.11 Å². The number of aliphatic hydroxyl groups is 1. The van der Waals surface area contributed by atoms with Gasteiger partial charge >= 0.3 is 0 Å². The van der Waals surface area contributed by atoms with Crippen LogP contribution in [0.5, 0.6) is 0 Å². The maximum Gasteiger partial charge on any atom is 0.0628 e. The van der Waals surface area contributed by atoms with Crippen molar-refractivity contribution < 1.29 is 5.11 Å². The summed E-state index contributed by atoms with van der Waals surface area (Å²) >= 11 is 0. The molecule has 0 radical (unpaired) electrons. The molecule has 1 aliphatic heterocycles. The molecule has 1 saturated heterocycles. The van der Waals surface area contributed by atoms with Crippen LogP contribution >= 0.6 is 0 Å². The molecular weight excluding hydrogens is 238 g/mol. The molecule has 1 aliphatic carbocycles. The van der Waals surface area contributed by atoms with Gasteiger partial charge in [-0.1, -0.05) is 0 Å². The standard InChI is InChI=1S/C15H31N3O/c1-16-15(12-19,14-4-5-14)11-18(3)10-13-6-8-17(2)9-7-13/h13-14,16,19H,4-12H2,1-3H3. The fourth-order valence-corrected chi connectivity index (χ4v) is 3.54. The van der Waals surface area contributed by atoms with Crippen LogP contribution in [0.1, 0.15) is 25.7 Å². The first kappa shape index (κ1) is 15.2. The van der Waals surface area contributed by atoms with Gasteiger partial charge in [0.2, 0.25) is 0 Å². The number of rotatable bonds is 7. The van der Waals surface area contributed by atoms with Crippen LogP contribution in [0.4, 0.5) is 0 Å². The lowest BCUT2D eigenvalue weighted by Crippen LogP contribution is -2.56. The first-order valence-corrected chi connectivity index (χ1v) is 7.76. The van der Waals surface area contributed by atoms with Crippen LogP contribution in [0.15, 0.2) is 0 Å². The number of hydrogen-bond acceptors (Lipinski definition) is 4. The van der Waals surface area contributed by atoms with Crippen molar-refractivity contribution in [3.63, 3.8) is 0 Å². The minimum atomic E-state index is -0.0692. The summed E-state index contributed by atoms with van der Waals surface area (Å²) in [6.07, 6.45) is 5.17. The molecule has 2 rings (SSSR count). The Morgan fingerprint density at radius 3 is 2.37 bits per heavy atom. The fourth-order valence-electron chi connectivity index (χ4n) is 3.54. The summed E-state index contributed by atoms with van der Waals surface area (Å²) in [5.74, 6) is 1.50. The molecule has 2 aliphatic rings. The molecule has 1 heterocycles. The normalized spacial score (nSPS) is 25.7. The van der Waals surface area contributed by atoms with E-state index in [2.05, 4.69) is 29.2 Å². The fraction of sp³-hybridized carbons (Fsp3) is 1.00. The molecule has 0 bridgehead atoms. The topological polar surface area (TPSA) is 38.7 Å². The SMILES string of the molecule is CNC(CO)(CN(C)CC1CCN(C)CC1)C1CC1. The van der Waals surface area contributed by atoms with Crippen molar-refractivity contribution in [3.8, 4) is 0 Å². The van der Waals surface area contributed by atoms with Crippen LogP contribution in [0.25, 0.3) is 0 Å². The molecule has 0 aromatic carbocycles. The van der Waals surface area contributed by atoms with Gasteiger partial charge in [0.25, 0.3) is 0 Å². The number of nitrogens with zero attached hydrogens (tertiary/aromatic N) is 2. The van der Waals surface area contributed by atoms with E-state index in [4.69, 9.17) is 0 Å². The minimum Gasteiger partial charge on any atom is -0.394 e. The second kappa shape index (κ2) is 6.53. The van der Waals surface area contributed by atoms with Crippen molar-refractivity contribution in [2.45, 2.75) is 31.2 Å². The summed E-state index contributed by atoms with van der Waals surface area (Å²) < 4.78 is 0. The zero-order valence-electron chi connectivity index (χ0n) is 12.9. The molecule has 2 fully saturated rings. The number of piperidine rings is 1. The second-order valence-corrected chi connectivity index (χ2v) is 6.78. The van der Waals surface area contributed by atoms with Crippen molar-refractivity contribution in [2.75, 3.05) is 53.9 Å². The smallest absolute Gasteiger partial charge is 0.0628 e. The van der Waals surface area contributed by atoms with Crippen LogP contribution in [-0.4, -0.2) is 74.4 Å². The lowest BCUT2D eigenvalue weighted by molar-refractivity contribution is 0.0924. The third-order valence-electron chi connectivity index (χ3n) is 5.10. The molecule has 4 heteroatoms. The lowest BCUT2D eigenvalue weighted by Gasteiger charge is -2.38. The average Bonchev–Trinajstić information content (AvgIpc) is 3.24. The highest BCUT2D eigenvalue weighted by Crippen LogP contribution is 2.39. The second-order valence-electron chi connectivity index (χ2n) is 6.78. The van der Waals surface area contributed by atoms with E-state index in [1.165, 1.54) is 45.3 Å². The Balaban J connectivity index is 1.80. The van der Waals surface area contributed by atoms with Gasteiger partial charge in [-0.3, -0.25) is 0 Å². The minimum absolute atomic E-state index is 0.0692. The quantitative estimate of drug-likeness (QED) is 0.711. The summed E-state index contributed by atoms with van der Waals surface area (Å²) in [6, 6.07) is 0. The molecule has 1 atom stereocenters. The highest BCUT2D eigenvalue weighted by atomic mass is 16.3. The van der Waals surface area contributed by atoms with E-state index < -0.39 is 0 Å². The molecule has 4 nitrogen and oxygen atoms in total. The third kappa shape index (κ3) is 3.91. The van der Waals surface area contributed by atoms with Gasteiger partial charge < -0.3 is 20.2 Å². The molecule has 0 aromatic rings. The van der Waals surface area contributed by atoms with Crippen LogP contribution in [0, 0.1) is 11.8 Å². The first-order valence-electron chi connectivity index (χ1n) is 7.76. The van der Waals surface area contributed by atoms with Crippen molar-refractivity contribution in [1.82, 2.24) is 15.1 Å². The Hall–Kier alpha value is -0.160. The van der Waals surface area contributed by atoms with Crippen LogP contribution in [-0.2, 0) is 0 Å². The zero-order chi connectivity index (χ0) is 13.9. The zero-order valence-corrected chi connectivity index (χ0v) is 12.9. The molecule has 1 unspecified atom stereocenters. The summed E-state index contributed by atoms with van der Waals surface area (Å²) in [5.41, 5.74) is -0.0692. The first-order chi connectivity index (χ1) is 9.09. The average molecular weight is 269 g/mol. The Kier molecular flexibility index (Phi) is 5.23. The molecule has 0 aromatic heterocycles. The number of aliphatic hydroxyl groups excluding tert-OH is 1. The highest BCUT2D eigenvalue weighted by Gasteiger charge is 2.44. The van der Waals surface area contributed by atoms with E-state index in [-0.39, 0.29) is 12.1 Å². The van der Waals surface area contributed by atoms with E-state index in [0.717, 1.165) is 12.5 Å². The molecule has 1 saturated carbocycles. The predicted octanol–water partition coefficient (Wildman–Crippen LogP) is 0.621. The lowest BCUT2D eigenvalue weighted by atomic mass is 9.92. The van der Waals surface area contributed by atoms with Gasteiger partial charge in [-0.25, -0.2) is 0 Å². The summed E-state index contributed by atoms with van der Waals surface area (Å²) in [4.78, 5) is 4.85. The summed E-state index contributed by atoms with van der Waals surface area (Å²) in [7, 11) is 6.42. The molecule has 19 heavy (non-hydrogen) atoms. The van der Waals surface area contributed by atoms with Gasteiger partial charge in [0.05, 0.1) is 12.1 Å². The number of likely N-dealkylation sites (tertiary alicyclic amines) is 1. The van der Waals surface area contributed by atoms with Gasteiger partial charge in [0, 0.05) is 13.1 Å². The van der Waals surface area contributed by atoms with Gasteiger partial charge in [-0.15, -0.1) is 0 Å². The monoisotopic (exact) mass is 269 g/mol. The Morgan fingerprint density at radius 2 is 1.89 bits per heavy atom. The maximum absolute atomic E-state index is 9.78. The van der Waals surface area contributed by atoms with Gasteiger partial charge in [0.15, 0.2) is 0 Å². The molecule has 0 spiro atoms. The number of hydrogen-bond donors (Lipinski definition) is 2. The van der Waals surface area contributed by atoms with Crippen LogP contribution in [0.2, 0.25) is 0 Å². The number of likely N-dealkylation sites (N-methyl/N-ethyl adjacent to an activating group) is 2. The van der Waals surface area contributed by atoms with E-state index in [0.29, 0.717) is 5.92 Å². The van der Waals surface area contributed by atoms with E-state index in [1.807, 2.05) is 7.05 Å². The predicted molar refractivity (Wildman–Crippen MR) is 79.3 cm³/mol. The van der Waals surface area contributed by atoms with Gasteiger partial charge in [-0.2, -0.15) is 0 Å². The largest absolute Gasteiger partial charge is 0.394 e. The van der Waals surface area contributed by atoms with Gasteiger partial charge in [0.1, 0.15) is 0 Å². The van der Waals surface area contributed by atoms with Crippen molar-refractivity contribution >= 4 is 0 Å². The molecule has 112 valence electrons. The van der Waals surface area contributed by atoms with Crippen LogP contribution in [0.3, 0.4) is 0 Å². The number of nitrogens with one attached hydrogen (secondary N) is 1. The van der Waals surface area contributed by atoms with Crippen molar-refractivity contribution in [1.29, 1.82) is 0 Å². The summed E-state index contributed by atoms with van der Waals surface area (Å²) in [6.45, 7) is 4.86. The van der Waals surface area contributed by atoms with Crippen molar-refractivity contribution in [3.05, 3.63) is 0 Å².